The fourth-order valence-electron chi connectivity index (χ4n) is 2.83. The van der Waals surface area contributed by atoms with Gasteiger partial charge < -0.3 is 20.3 Å². The second-order valence-corrected chi connectivity index (χ2v) is 10.0. The molecule has 2 heterocycles. The first-order valence-electron chi connectivity index (χ1n) is 10.3. The first-order valence-corrected chi connectivity index (χ1v) is 13.3. The van der Waals surface area contributed by atoms with Gasteiger partial charge in [0.25, 0.3) is 0 Å². The number of aromatic nitrogens is 2. The molecule has 0 bridgehead atoms. The maximum atomic E-state index is 12.3. The van der Waals surface area contributed by atoms with E-state index in [1.54, 1.807) is 0 Å². The fourth-order valence-corrected chi connectivity index (χ4v) is 4.59. The van der Waals surface area contributed by atoms with Crippen LogP contribution in [0.4, 0.5) is 5.82 Å². The molecular weight excluding hydrogens is 468 g/mol. The molecule has 0 spiro atoms. The van der Waals surface area contributed by atoms with Crippen LogP contribution in [0.1, 0.15) is 52.2 Å². The minimum Gasteiger partial charge on any atom is -0.383 e. The third-order valence-corrected chi connectivity index (χ3v) is 6.55. The lowest BCUT2D eigenvalue weighted by molar-refractivity contribution is -0.0468. The van der Waals surface area contributed by atoms with E-state index in [0.29, 0.717) is 12.8 Å². The molecule has 1 aromatic rings. The number of unbranched alkanes of at least 4 members (excludes halogenated alkanes) is 2. The molecule has 1 aliphatic rings. The quantitative estimate of drug-likeness (QED) is 0.251. The Balaban J connectivity index is 2.12. The molecule has 15 heteroatoms. The van der Waals surface area contributed by atoms with E-state index in [9.17, 15) is 23.7 Å². The molecule has 5 atom stereocenters. The van der Waals surface area contributed by atoms with Crippen molar-refractivity contribution in [1.29, 1.82) is 0 Å². The summed E-state index contributed by atoms with van der Waals surface area (Å²) in [7, 11) is -8.83. The van der Waals surface area contributed by atoms with Crippen molar-refractivity contribution in [2.75, 3.05) is 25.6 Å². The Morgan fingerprint density at radius 3 is 2.38 bits per heavy atom. The Morgan fingerprint density at radius 2 is 1.78 bits per heavy atom. The molecule has 0 radical (unpaired) electrons. The van der Waals surface area contributed by atoms with Crippen molar-refractivity contribution in [3.63, 3.8) is 0 Å². The highest BCUT2D eigenvalue weighted by atomic mass is 31.2. The van der Waals surface area contributed by atoms with Crippen LogP contribution in [-0.4, -0.2) is 51.4 Å². The van der Waals surface area contributed by atoms with Gasteiger partial charge in [-0.25, -0.2) is 13.9 Å². The van der Waals surface area contributed by atoms with Gasteiger partial charge >= 0.3 is 21.3 Å². The topological polar surface area (TPSA) is 182 Å². The number of anilines is 1. The second-order valence-electron chi connectivity index (χ2n) is 7.16. The summed E-state index contributed by atoms with van der Waals surface area (Å²) in [5, 5.41) is 0. The molecule has 1 saturated heterocycles. The highest BCUT2D eigenvalue weighted by Crippen LogP contribution is 2.49. The lowest BCUT2D eigenvalue weighted by Crippen LogP contribution is -2.29. The summed E-state index contributed by atoms with van der Waals surface area (Å²) in [6, 6.07) is 1.39. The maximum absolute atomic E-state index is 12.3. The van der Waals surface area contributed by atoms with Gasteiger partial charge in [-0.1, -0.05) is 26.7 Å². The summed E-state index contributed by atoms with van der Waals surface area (Å²) >= 11 is 0. The predicted octanol–water partition coefficient (Wildman–Crippen LogP) is 2.35. The van der Waals surface area contributed by atoms with Gasteiger partial charge in [0, 0.05) is 12.6 Å². The molecule has 2 rings (SSSR count). The van der Waals surface area contributed by atoms with Gasteiger partial charge in [0.15, 0.2) is 0 Å². The number of phosphoric acid groups is 2. The molecule has 184 valence electrons. The fraction of sp³-hybridized carbons (Fsp3) is 0.765. The van der Waals surface area contributed by atoms with Gasteiger partial charge in [-0.3, -0.25) is 22.7 Å². The van der Waals surface area contributed by atoms with Gasteiger partial charge in [0.05, 0.1) is 19.8 Å². The molecule has 0 saturated carbocycles. The van der Waals surface area contributed by atoms with E-state index < -0.39 is 46.4 Å². The van der Waals surface area contributed by atoms with E-state index in [1.807, 2.05) is 13.8 Å². The molecule has 0 aromatic carbocycles. The summed E-state index contributed by atoms with van der Waals surface area (Å²) in [6.45, 7) is 3.34. The van der Waals surface area contributed by atoms with E-state index in [1.165, 1.54) is 12.3 Å². The van der Waals surface area contributed by atoms with E-state index in [4.69, 9.17) is 28.6 Å². The minimum absolute atomic E-state index is 0.0148. The molecular formula is C17H31N3O10P2. The average Bonchev–Trinajstić information content (AvgIpc) is 3.08. The largest absolute Gasteiger partial charge is 0.472 e. The second kappa shape index (κ2) is 12.4. The monoisotopic (exact) mass is 499 g/mol. The van der Waals surface area contributed by atoms with Crippen LogP contribution in [0.15, 0.2) is 17.1 Å². The zero-order valence-electron chi connectivity index (χ0n) is 18.1. The number of ether oxygens (including phenoxy) is 1. The Kier molecular flexibility index (Phi) is 10.5. The van der Waals surface area contributed by atoms with Crippen molar-refractivity contribution in [2.24, 2.45) is 0 Å². The van der Waals surface area contributed by atoms with Gasteiger partial charge in [-0.05, 0) is 18.9 Å². The van der Waals surface area contributed by atoms with Crippen LogP contribution >= 0.6 is 15.6 Å². The number of rotatable bonds is 14. The standard InChI is InChI=1S/C17H31N3O10P2/c1-3-5-9-26-31(22,23)28-12-14-13(30-32(24,25)27-10-6-4-2)11-16(29-14)20-8-7-15(18)19-17(20)21/h7-8,13-14,16H,3-6,9-12H2,1-2H3,(H,22,23)(H,24,25)(H2,18,19,21)/t13?,14-,16-/m1/s1. The van der Waals surface area contributed by atoms with E-state index in [0.717, 1.165) is 17.4 Å². The van der Waals surface area contributed by atoms with Crippen molar-refractivity contribution in [2.45, 2.75) is 64.4 Å². The molecule has 0 aliphatic carbocycles. The van der Waals surface area contributed by atoms with Crippen LogP contribution in [0.3, 0.4) is 0 Å². The smallest absolute Gasteiger partial charge is 0.383 e. The first kappa shape index (κ1) is 27.1. The van der Waals surface area contributed by atoms with Crippen LogP contribution in [0, 0.1) is 0 Å². The van der Waals surface area contributed by atoms with Crippen molar-refractivity contribution in [1.82, 2.24) is 9.55 Å². The normalized spacial score (nSPS) is 24.8. The van der Waals surface area contributed by atoms with Crippen molar-refractivity contribution >= 4 is 21.5 Å². The van der Waals surface area contributed by atoms with Crippen LogP contribution < -0.4 is 11.4 Å². The zero-order valence-corrected chi connectivity index (χ0v) is 19.9. The van der Waals surface area contributed by atoms with Crippen molar-refractivity contribution < 1.29 is 41.7 Å². The lowest BCUT2D eigenvalue weighted by Gasteiger charge is -2.22. The van der Waals surface area contributed by atoms with E-state index >= 15 is 0 Å². The molecule has 0 amide bonds. The zero-order chi connectivity index (χ0) is 23.8. The van der Waals surface area contributed by atoms with Gasteiger partial charge in [-0.15, -0.1) is 0 Å². The first-order chi connectivity index (χ1) is 15.1. The number of phosphoric ester groups is 2. The summed E-state index contributed by atoms with van der Waals surface area (Å²) in [5.74, 6) is 0.0200. The maximum Gasteiger partial charge on any atom is 0.472 e. The van der Waals surface area contributed by atoms with E-state index in [2.05, 4.69) is 4.98 Å². The molecule has 32 heavy (non-hydrogen) atoms. The summed E-state index contributed by atoms with van der Waals surface area (Å²) in [4.78, 5) is 35.6. The van der Waals surface area contributed by atoms with Crippen LogP contribution in [0.25, 0.3) is 0 Å². The highest BCUT2D eigenvalue weighted by Gasteiger charge is 2.43. The number of nitrogens with zero attached hydrogens (tertiary/aromatic N) is 2. The molecule has 1 aromatic heterocycles. The van der Waals surface area contributed by atoms with Crippen molar-refractivity contribution in [3.05, 3.63) is 22.7 Å². The average molecular weight is 499 g/mol. The number of hydrogen-bond donors (Lipinski definition) is 3. The van der Waals surface area contributed by atoms with Crippen LogP contribution in [0.2, 0.25) is 0 Å². The SMILES string of the molecule is CCCCOP(=O)(O)OC[C@H]1O[C@@H](n2ccc(N)nc2=O)CC1OP(=O)(O)OCCCC. The van der Waals surface area contributed by atoms with Gasteiger partial charge in [-0.2, -0.15) is 4.98 Å². The number of nitrogens with two attached hydrogens (primary N) is 1. The Morgan fingerprint density at radius 1 is 1.16 bits per heavy atom. The molecule has 13 nitrogen and oxygen atoms in total. The van der Waals surface area contributed by atoms with Crippen LogP contribution in [0.5, 0.6) is 0 Å². The van der Waals surface area contributed by atoms with Gasteiger partial charge in [0.2, 0.25) is 0 Å². The summed E-state index contributed by atoms with van der Waals surface area (Å²) in [5.41, 5.74) is 4.80. The lowest BCUT2D eigenvalue weighted by atomic mass is 10.2. The Hall–Kier alpha value is -1.14. The summed E-state index contributed by atoms with van der Waals surface area (Å²) < 4.78 is 51.3. The number of nitrogen functional groups attached to an aromatic ring is 1. The number of hydrogen-bond acceptors (Lipinski definition) is 10. The third-order valence-electron chi connectivity index (χ3n) is 4.52. The summed E-state index contributed by atoms with van der Waals surface area (Å²) in [6.07, 6.45) is 0.845. The molecule has 4 N–H and O–H groups in total. The Labute approximate surface area is 186 Å². The Bertz CT molecular complexity index is 882. The van der Waals surface area contributed by atoms with Crippen molar-refractivity contribution in [3.8, 4) is 0 Å². The van der Waals surface area contributed by atoms with Crippen LogP contribution in [-0.2, 0) is 32.0 Å². The minimum atomic E-state index is -4.45. The third kappa shape index (κ3) is 8.66. The van der Waals surface area contributed by atoms with Gasteiger partial charge in [0.1, 0.15) is 24.3 Å². The highest BCUT2D eigenvalue weighted by molar-refractivity contribution is 7.47. The predicted molar refractivity (Wildman–Crippen MR) is 114 cm³/mol. The van der Waals surface area contributed by atoms with E-state index in [-0.39, 0.29) is 25.5 Å². The molecule has 1 fully saturated rings. The molecule has 1 aliphatic heterocycles. The molecule has 3 unspecified atom stereocenters.